The van der Waals surface area contributed by atoms with Crippen molar-refractivity contribution in [1.29, 1.82) is 0 Å². The van der Waals surface area contributed by atoms with Crippen LogP contribution in [0.15, 0.2) is 291 Å². The summed E-state index contributed by atoms with van der Waals surface area (Å²) in [5.74, 6) is -1.74. The number of nitrogens with zero attached hydrogens (tertiary/aromatic N) is 4. The third-order valence-corrected chi connectivity index (χ3v) is 16.9. The number of aromatic nitrogens is 1. The standard InChI is InChI=1S/2C28H17NO2.C23H14N2O2/c30-27-24-15-7-14-23-22(21-13-6-9-18-8-4-5-12-20(18)21)16-17-25(26(23)24)28(31)29(27)19-10-2-1-3-11-19;30-27-24-12-6-11-23-22(20-14-13-18-7-4-5-8-19(18)17-20)15-16-25(26(23)24)28(31)29(27)21-9-2-1-3-10-21;26-22-19-8-4-7-18-17(15-11-13-24-14-12-15)9-10-20(21(18)19)23(27)25(22)16-5-2-1-3-6-16/h2*1-17H;1-14H. The average molecular weight is 1150 g/mol. The van der Waals surface area contributed by atoms with Gasteiger partial charge in [-0.25, -0.2) is 14.7 Å². The maximum atomic E-state index is 13.4. The van der Waals surface area contributed by atoms with Crippen LogP contribution in [0, 0.1) is 0 Å². The normalized spacial score (nSPS) is 13.2. The molecule has 0 radical (unpaired) electrons. The molecule has 0 bridgehead atoms. The number of anilines is 3. The predicted octanol–water partition coefficient (Wildman–Crippen LogP) is 17.6. The van der Waals surface area contributed by atoms with E-state index in [1.54, 1.807) is 60.9 Å². The lowest BCUT2D eigenvalue weighted by Gasteiger charge is -2.28. The summed E-state index contributed by atoms with van der Waals surface area (Å²) in [6.45, 7) is 0. The molecule has 89 heavy (non-hydrogen) atoms. The Kier molecular flexibility index (Phi) is 13.2. The zero-order valence-corrected chi connectivity index (χ0v) is 47.5. The topological polar surface area (TPSA) is 125 Å². The van der Waals surface area contributed by atoms with Gasteiger partial charge in [-0.1, -0.05) is 188 Å². The lowest BCUT2D eigenvalue weighted by Crippen LogP contribution is -2.40. The van der Waals surface area contributed by atoms with Crippen molar-refractivity contribution in [2.75, 3.05) is 14.7 Å². The van der Waals surface area contributed by atoms with Crippen LogP contribution < -0.4 is 14.7 Å². The number of carbonyl (C=O) groups is 6. The molecule has 3 aliphatic heterocycles. The van der Waals surface area contributed by atoms with Crippen molar-refractivity contribution in [3.63, 3.8) is 0 Å². The lowest BCUT2D eigenvalue weighted by molar-refractivity contribution is 0.0877. The Bertz CT molecular complexity index is 5210. The predicted molar refractivity (Wildman–Crippen MR) is 354 cm³/mol. The fraction of sp³-hybridized carbons (Fsp3) is 0. The third-order valence-electron chi connectivity index (χ3n) is 16.9. The van der Waals surface area contributed by atoms with Crippen LogP contribution in [0.4, 0.5) is 17.1 Å². The summed E-state index contributed by atoms with van der Waals surface area (Å²) in [7, 11) is 0. The first-order chi connectivity index (χ1) is 43.7. The largest absolute Gasteiger partial charge is 0.268 e. The van der Waals surface area contributed by atoms with Gasteiger partial charge in [0.15, 0.2) is 0 Å². The van der Waals surface area contributed by atoms with Crippen molar-refractivity contribution in [3.8, 4) is 33.4 Å². The smallest absolute Gasteiger partial charge is 0.265 e. The highest BCUT2D eigenvalue weighted by atomic mass is 16.2. The van der Waals surface area contributed by atoms with Crippen LogP contribution in [0.1, 0.15) is 62.1 Å². The van der Waals surface area contributed by atoms with Gasteiger partial charge in [0.1, 0.15) is 0 Å². The van der Waals surface area contributed by atoms with Crippen molar-refractivity contribution < 1.29 is 28.8 Å². The molecule has 1 aromatic heterocycles. The summed E-state index contributed by atoms with van der Waals surface area (Å²) < 4.78 is 0. The van der Waals surface area contributed by atoms with E-state index in [1.165, 1.54) is 20.1 Å². The number of pyridine rings is 1. The Hall–Kier alpha value is -12.3. The summed E-state index contributed by atoms with van der Waals surface area (Å²) in [6, 6.07) is 88.6. The van der Waals surface area contributed by atoms with Crippen molar-refractivity contribution >= 4 is 106 Å². The maximum Gasteiger partial charge on any atom is 0.265 e. The molecule has 17 rings (SSSR count). The number of carbonyl (C=O) groups excluding carboxylic acids is 6. The maximum absolute atomic E-state index is 13.4. The molecule has 4 heterocycles. The Morgan fingerprint density at radius 2 is 0.528 bits per heavy atom. The Morgan fingerprint density at radius 3 is 1.00 bits per heavy atom. The molecule has 13 aromatic carbocycles. The van der Waals surface area contributed by atoms with E-state index in [4.69, 9.17) is 0 Å². The number of hydrogen-bond acceptors (Lipinski definition) is 7. The highest BCUT2D eigenvalue weighted by Gasteiger charge is 2.37. The van der Waals surface area contributed by atoms with Crippen LogP contribution in [0.25, 0.3) is 87.2 Å². The van der Waals surface area contributed by atoms with E-state index in [0.717, 1.165) is 76.5 Å². The van der Waals surface area contributed by atoms with Gasteiger partial charge in [-0.15, -0.1) is 0 Å². The van der Waals surface area contributed by atoms with E-state index in [1.807, 2.05) is 176 Å². The second-order valence-corrected chi connectivity index (χ2v) is 21.8. The first-order valence-electron chi connectivity index (χ1n) is 29.1. The average Bonchev–Trinajstić information content (AvgIpc) is 1.01. The van der Waals surface area contributed by atoms with Gasteiger partial charge in [-0.3, -0.25) is 33.8 Å². The van der Waals surface area contributed by atoms with Crippen LogP contribution in [0.5, 0.6) is 0 Å². The summed E-state index contributed by atoms with van der Waals surface area (Å²) in [6.07, 6.45) is 3.47. The SMILES string of the molecule is O=C1c2cccc3c(-c4ccc5ccccc5c4)ccc(c23)C(=O)N1c1ccccc1.O=C1c2cccc3c(-c4cccc5ccccc45)ccc(c23)C(=O)N1c1ccccc1.O=C1c2cccc3c(-c4ccncc4)ccc(c23)C(=O)N1c1ccccc1. The number of hydrogen-bond donors (Lipinski definition) is 0. The van der Waals surface area contributed by atoms with Gasteiger partial charge in [-0.05, 0) is 162 Å². The molecule has 14 aromatic rings. The summed E-state index contributed by atoms with van der Waals surface area (Å²) in [5, 5.41) is 9.54. The minimum atomic E-state index is -0.295. The molecule has 3 aliphatic rings. The Balaban J connectivity index is 0.000000112. The van der Waals surface area contributed by atoms with Gasteiger partial charge < -0.3 is 0 Å². The number of fused-ring (bicyclic) bond motifs is 2. The molecule has 0 N–H and O–H groups in total. The number of amides is 6. The van der Waals surface area contributed by atoms with Gasteiger partial charge in [0.2, 0.25) is 0 Å². The van der Waals surface area contributed by atoms with Gasteiger partial charge >= 0.3 is 0 Å². The van der Waals surface area contributed by atoms with Crippen molar-refractivity contribution in [2.24, 2.45) is 0 Å². The Labute approximate surface area is 510 Å². The molecule has 0 unspecified atom stereocenters. The van der Waals surface area contributed by atoms with Crippen molar-refractivity contribution in [1.82, 2.24) is 4.98 Å². The van der Waals surface area contributed by atoms with E-state index in [-0.39, 0.29) is 35.4 Å². The zero-order chi connectivity index (χ0) is 60.3. The fourth-order valence-corrected chi connectivity index (χ4v) is 12.8. The molecule has 0 spiro atoms. The summed E-state index contributed by atoms with van der Waals surface area (Å²) in [5.41, 5.74) is 11.2. The minimum absolute atomic E-state index is 0.287. The lowest BCUT2D eigenvalue weighted by atomic mass is 9.87. The van der Waals surface area contributed by atoms with Gasteiger partial charge in [-0.2, -0.15) is 0 Å². The van der Waals surface area contributed by atoms with E-state index >= 15 is 0 Å². The van der Waals surface area contributed by atoms with Crippen LogP contribution >= 0.6 is 0 Å². The Morgan fingerprint density at radius 1 is 0.213 bits per heavy atom. The quantitative estimate of drug-likeness (QED) is 0.152. The fourth-order valence-electron chi connectivity index (χ4n) is 12.8. The zero-order valence-electron chi connectivity index (χ0n) is 47.5. The van der Waals surface area contributed by atoms with Crippen LogP contribution in [-0.4, -0.2) is 40.4 Å². The van der Waals surface area contributed by atoms with E-state index in [0.29, 0.717) is 55.8 Å². The van der Waals surface area contributed by atoms with Gasteiger partial charge in [0.05, 0.1) is 17.1 Å². The van der Waals surface area contributed by atoms with E-state index in [2.05, 4.69) is 59.6 Å². The number of para-hydroxylation sites is 3. The molecule has 10 nitrogen and oxygen atoms in total. The second-order valence-electron chi connectivity index (χ2n) is 21.8. The molecule has 10 heteroatoms. The molecular formula is C79H48N4O6. The second kappa shape index (κ2) is 22.0. The number of rotatable bonds is 6. The molecular weight excluding hydrogens is 1100 g/mol. The molecule has 6 amide bonds. The molecule has 0 saturated heterocycles. The van der Waals surface area contributed by atoms with E-state index in [9.17, 15) is 28.8 Å². The number of imide groups is 3. The van der Waals surface area contributed by atoms with Gasteiger partial charge in [0.25, 0.3) is 35.4 Å². The van der Waals surface area contributed by atoms with Crippen molar-refractivity contribution in [3.05, 3.63) is 325 Å². The molecule has 420 valence electrons. The molecule has 0 atom stereocenters. The summed E-state index contributed by atoms with van der Waals surface area (Å²) >= 11 is 0. The molecule has 0 saturated carbocycles. The first kappa shape index (κ1) is 53.5. The third kappa shape index (κ3) is 9.01. The molecule has 0 aliphatic carbocycles. The highest BCUT2D eigenvalue weighted by molar-refractivity contribution is 6.39. The molecule has 0 fully saturated rings. The monoisotopic (exact) mass is 1150 g/mol. The van der Waals surface area contributed by atoms with E-state index < -0.39 is 0 Å². The highest BCUT2D eigenvalue weighted by Crippen LogP contribution is 2.43. The van der Waals surface area contributed by atoms with Crippen LogP contribution in [-0.2, 0) is 0 Å². The van der Waals surface area contributed by atoms with Crippen LogP contribution in [0.2, 0.25) is 0 Å². The van der Waals surface area contributed by atoms with Gasteiger partial charge in [0, 0.05) is 61.9 Å². The first-order valence-corrected chi connectivity index (χ1v) is 29.1. The summed E-state index contributed by atoms with van der Waals surface area (Å²) in [4.78, 5) is 87.6. The van der Waals surface area contributed by atoms with Crippen molar-refractivity contribution in [2.45, 2.75) is 0 Å². The number of benzene rings is 13. The minimum Gasteiger partial charge on any atom is -0.268 e. The van der Waals surface area contributed by atoms with Crippen LogP contribution in [0.3, 0.4) is 0 Å².